The number of carbonyl (C=O) groups is 1. The lowest BCUT2D eigenvalue weighted by molar-refractivity contribution is -0.136. The maximum absolute atomic E-state index is 12.5. The van der Waals surface area contributed by atoms with Crippen LogP contribution >= 0.6 is 11.6 Å². The van der Waals surface area contributed by atoms with Gasteiger partial charge < -0.3 is 18.7 Å². The monoisotopic (exact) mass is 460 g/mol. The smallest absolute Gasteiger partial charge is 0.336 e. The van der Waals surface area contributed by atoms with E-state index in [-0.39, 0.29) is 22.6 Å². The van der Waals surface area contributed by atoms with E-state index in [1.807, 2.05) is 30.3 Å². The van der Waals surface area contributed by atoms with Crippen LogP contribution in [0.1, 0.15) is 5.56 Å². The Bertz CT molecular complexity index is 1560. The molecule has 33 heavy (non-hydrogen) atoms. The first-order valence-corrected chi connectivity index (χ1v) is 10.5. The van der Waals surface area contributed by atoms with E-state index in [1.165, 1.54) is 6.07 Å². The zero-order valence-corrected chi connectivity index (χ0v) is 18.2. The van der Waals surface area contributed by atoms with Crippen LogP contribution in [0.2, 0.25) is 5.02 Å². The average molecular weight is 461 g/mol. The zero-order chi connectivity index (χ0) is 23.1. The highest BCUT2D eigenvalue weighted by molar-refractivity contribution is 6.37. The van der Waals surface area contributed by atoms with Crippen molar-refractivity contribution in [2.75, 3.05) is 7.11 Å². The van der Waals surface area contributed by atoms with Gasteiger partial charge in [0.15, 0.2) is 11.2 Å². The normalized spacial score (nSPS) is 11.2. The van der Waals surface area contributed by atoms with Crippen molar-refractivity contribution in [1.29, 1.82) is 0 Å². The number of benzene rings is 3. The molecule has 1 N–H and O–H groups in total. The molecule has 0 spiro atoms. The molecule has 2 aromatic heterocycles. The van der Waals surface area contributed by atoms with E-state index in [4.69, 9.17) is 25.2 Å². The lowest BCUT2D eigenvalue weighted by Gasteiger charge is -2.08. The molecular weight excluding hydrogens is 444 g/mol. The van der Waals surface area contributed by atoms with Gasteiger partial charge in [-0.05, 0) is 41.5 Å². The highest BCUT2D eigenvalue weighted by Gasteiger charge is 2.25. The topological polar surface area (TPSA) is 89.9 Å². The van der Waals surface area contributed by atoms with E-state index in [0.29, 0.717) is 39.0 Å². The van der Waals surface area contributed by atoms with Gasteiger partial charge in [0.25, 0.3) is 0 Å². The molecule has 0 unspecified atom stereocenters. The summed E-state index contributed by atoms with van der Waals surface area (Å²) < 4.78 is 16.9. The molecule has 6 nitrogen and oxygen atoms in total. The van der Waals surface area contributed by atoms with Crippen LogP contribution in [-0.2, 0) is 11.2 Å². The standard InChI is InChI=1S/C26H17ClO6/c1-31-16-9-7-15(8-10-16)24-19(12-21(28)29)23-25-18(11-20(27)26(23)33-24)17(13-22(30)32-25)14-5-3-2-4-6-14/h2-11,13H,12H2,1H3,(H,28,29). The van der Waals surface area contributed by atoms with Gasteiger partial charge in [-0.25, -0.2) is 4.79 Å². The minimum Gasteiger partial charge on any atom is -0.497 e. The second kappa shape index (κ2) is 8.15. The summed E-state index contributed by atoms with van der Waals surface area (Å²) in [7, 11) is 1.56. The summed E-state index contributed by atoms with van der Waals surface area (Å²) in [4.78, 5) is 24.3. The van der Waals surface area contributed by atoms with E-state index < -0.39 is 11.6 Å². The van der Waals surface area contributed by atoms with Crippen molar-refractivity contribution < 1.29 is 23.5 Å². The molecule has 0 saturated heterocycles. The first-order chi connectivity index (χ1) is 16.0. The summed E-state index contributed by atoms with van der Waals surface area (Å²) in [5.74, 6) is -0.0593. The molecule has 0 aliphatic carbocycles. The Morgan fingerprint density at radius 2 is 1.70 bits per heavy atom. The summed E-state index contributed by atoms with van der Waals surface area (Å²) >= 11 is 6.61. The van der Waals surface area contributed by atoms with E-state index in [9.17, 15) is 14.7 Å². The number of carboxylic acids is 1. The van der Waals surface area contributed by atoms with Crippen LogP contribution in [-0.4, -0.2) is 18.2 Å². The number of halogens is 1. The molecule has 0 aliphatic heterocycles. The van der Waals surface area contributed by atoms with Crippen LogP contribution in [0.25, 0.3) is 44.4 Å². The molecule has 3 aromatic carbocycles. The number of carboxylic acid groups (broad SMARTS) is 1. The maximum Gasteiger partial charge on any atom is 0.336 e. The quantitative estimate of drug-likeness (QED) is 0.316. The molecule has 0 fully saturated rings. The van der Waals surface area contributed by atoms with Gasteiger partial charge in [-0.2, -0.15) is 0 Å². The predicted octanol–water partition coefficient (Wildman–Crippen LogP) is 6.16. The number of aliphatic carboxylic acids is 1. The van der Waals surface area contributed by atoms with Crippen molar-refractivity contribution in [3.8, 4) is 28.2 Å². The molecule has 0 bridgehead atoms. The van der Waals surface area contributed by atoms with Gasteiger partial charge in [-0.3, -0.25) is 4.79 Å². The van der Waals surface area contributed by atoms with Gasteiger partial charge in [-0.15, -0.1) is 0 Å². The lowest BCUT2D eigenvalue weighted by atomic mass is 9.97. The van der Waals surface area contributed by atoms with Crippen LogP contribution in [0.3, 0.4) is 0 Å². The van der Waals surface area contributed by atoms with Gasteiger partial charge in [-0.1, -0.05) is 41.9 Å². The SMILES string of the molecule is COc1ccc(-c2oc3c(Cl)cc4c(-c5ccccc5)cc(=O)oc4c3c2CC(=O)O)cc1. The van der Waals surface area contributed by atoms with Crippen molar-refractivity contribution in [2.24, 2.45) is 0 Å². The molecule has 0 amide bonds. The highest BCUT2D eigenvalue weighted by Crippen LogP contribution is 2.43. The molecule has 0 saturated carbocycles. The minimum absolute atomic E-state index is 0.237. The maximum atomic E-state index is 12.5. The molecule has 5 rings (SSSR count). The van der Waals surface area contributed by atoms with E-state index >= 15 is 0 Å². The van der Waals surface area contributed by atoms with Gasteiger partial charge in [0, 0.05) is 22.6 Å². The molecule has 0 atom stereocenters. The number of ether oxygens (including phenoxy) is 1. The Labute approximate surface area is 192 Å². The Morgan fingerprint density at radius 3 is 2.36 bits per heavy atom. The second-order valence-corrected chi connectivity index (χ2v) is 7.90. The summed E-state index contributed by atoms with van der Waals surface area (Å²) in [5.41, 5.74) is 2.42. The van der Waals surface area contributed by atoms with Crippen molar-refractivity contribution in [3.05, 3.63) is 87.7 Å². The van der Waals surface area contributed by atoms with E-state index in [0.717, 1.165) is 5.56 Å². The van der Waals surface area contributed by atoms with Crippen LogP contribution in [0, 0.1) is 0 Å². The predicted molar refractivity (Wildman–Crippen MR) is 126 cm³/mol. The summed E-state index contributed by atoms with van der Waals surface area (Å²) in [6.07, 6.45) is -0.344. The van der Waals surface area contributed by atoms with Crippen LogP contribution in [0.15, 0.2) is 80.4 Å². The fraction of sp³-hybridized carbons (Fsp3) is 0.0769. The van der Waals surface area contributed by atoms with Crippen LogP contribution < -0.4 is 10.4 Å². The minimum atomic E-state index is -1.05. The fourth-order valence-electron chi connectivity index (χ4n) is 4.05. The number of methoxy groups -OCH3 is 1. The van der Waals surface area contributed by atoms with Gasteiger partial charge >= 0.3 is 11.6 Å². The van der Waals surface area contributed by atoms with Crippen molar-refractivity contribution in [3.63, 3.8) is 0 Å². The zero-order valence-electron chi connectivity index (χ0n) is 17.4. The van der Waals surface area contributed by atoms with Crippen LogP contribution in [0.4, 0.5) is 0 Å². The Morgan fingerprint density at radius 1 is 0.970 bits per heavy atom. The Hall–Kier alpha value is -4.03. The largest absolute Gasteiger partial charge is 0.497 e. The highest BCUT2D eigenvalue weighted by atomic mass is 35.5. The third kappa shape index (κ3) is 3.64. The molecule has 0 aliphatic rings. The molecular formula is C26H17ClO6. The van der Waals surface area contributed by atoms with E-state index in [1.54, 1.807) is 37.4 Å². The third-order valence-electron chi connectivity index (χ3n) is 5.49. The number of hydrogen-bond donors (Lipinski definition) is 1. The lowest BCUT2D eigenvalue weighted by Crippen LogP contribution is -2.02. The number of furan rings is 1. The number of fused-ring (bicyclic) bond motifs is 3. The average Bonchev–Trinajstić information content (AvgIpc) is 3.19. The molecule has 0 radical (unpaired) electrons. The first kappa shape index (κ1) is 20.8. The van der Waals surface area contributed by atoms with Crippen molar-refractivity contribution >= 4 is 39.5 Å². The van der Waals surface area contributed by atoms with E-state index in [2.05, 4.69) is 0 Å². The number of hydrogen-bond acceptors (Lipinski definition) is 5. The summed E-state index contributed by atoms with van der Waals surface area (Å²) in [5, 5.41) is 10.9. The van der Waals surface area contributed by atoms with Crippen molar-refractivity contribution in [2.45, 2.75) is 6.42 Å². The summed E-state index contributed by atoms with van der Waals surface area (Å²) in [6, 6.07) is 19.5. The van der Waals surface area contributed by atoms with Crippen molar-refractivity contribution in [1.82, 2.24) is 0 Å². The molecule has 7 heteroatoms. The molecule has 2 heterocycles. The Balaban J connectivity index is 1.89. The number of rotatable bonds is 5. The third-order valence-corrected chi connectivity index (χ3v) is 5.77. The fourth-order valence-corrected chi connectivity index (χ4v) is 4.29. The molecule has 164 valence electrons. The molecule has 5 aromatic rings. The van der Waals surface area contributed by atoms with Crippen LogP contribution in [0.5, 0.6) is 5.75 Å². The first-order valence-electron chi connectivity index (χ1n) is 10.1. The van der Waals surface area contributed by atoms with Gasteiger partial charge in [0.1, 0.15) is 11.5 Å². The van der Waals surface area contributed by atoms with Gasteiger partial charge in [0.2, 0.25) is 0 Å². The summed E-state index contributed by atoms with van der Waals surface area (Å²) in [6.45, 7) is 0. The second-order valence-electron chi connectivity index (χ2n) is 7.49. The Kier molecular flexibility index (Phi) is 5.15. The van der Waals surface area contributed by atoms with Gasteiger partial charge in [0.05, 0.1) is 23.9 Å².